The van der Waals surface area contributed by atoms with E-state index >= 15 is 0 Å². The fourth-order valence-electron chi connectivity index (χ4n) is 2.61. The predicted molar refractivity (Wildman–Crippen MR) is 97.2 cm³/mol. The zero-order valence-electron chi connectivity index (χ0n) is 13.8. The molecule has 0 aliphatic heterocycles. The number of fused-ring (bicyclic) bond motifs is 1. The highest BCUT2D eigenvalue weighted by Crippen LogP contribution is 2.37. The van der Waals surface area contributed by atoms with Crippen LogP contribution in [0.3, 0.4) is 0 Å². The third kappa shape index (κ3) is 3.22. The van der Waals surface area contributed by atoms with Crippen LogP contribution in [0.1, 0.15) is 20.9 Å². The molecule has 1 aromatic carbocycles. The number of nitro groups is 1. The lowest BCUT2D eigenvalue weighted by molar-refractivity contribution is -0.384. The van der Waals surface area contributed by atoms with Crippen molar-refractivity contribution in [2.75, 3.05) is 7.05 Å². The van der Waals surface area contributed by atoms with Crippen LogP contribution in [0, 0.1) is 17.0 Å². The molecule has 3 aromatic rings. The topological polar surface area (TPSA) is 81.3 Å². The van der Waals surface area contributed by atoms with Gasteiger partial charge in [-0.3, -0.25) is 19.6 Å². The average molecular weight is 379 g/mol. The third-order valence-corrected chi connectivity index (χ3v) is 5.53. The minimum Gasteiger partial charge on any atom is -0.337 e. The van der Waals surface area contributed by atoms with Crippen LogP contribution < -0.4 is 0 Å². The summed E-state index contributed by atoms with van der Waals surface area (Å²) in [4.78, 5) is 25.2. The lowest BCUT2D eigenvalue weighted by atomic mass is 10.2. The number of aryl methyl sites for hydroxylation is 2. The molecule has 130 valence electrons. The molecule has 0 N–H and O–H groups in total. The van der Waals surface area contributed by atoms with Gasteiger partial charge in [0, 0.05) is 54.6 Å². The van der Waals surface area contributed by atoms with Gasteiger partial charge in [0.25, 0.3) is 11.6 Å². The van der Waals surface area contributed by atoms with Crippen LogP contribution in [0.5, 0.6) is 0 Å². The van der Waals surface area contributed by atoms with Crippen LogP contribution in [0.25, 0.3) is 10.1 Å². The first-order chi connectivity index (χ1) is 11.8. The number of amides is 1. The monoisotopic (exact) mass is 378 g/mol. The number of nitro benzene ring substituents is 1. The number of carbonyl (C=O) groups is 1. The maximum atomic E-state index is 12.8. The maximum Gasteiger partial charge on any atom is 0.270 e. The molecule has 0 saturated heterocycles. The van der Waals surface area contributed by atoms with Gasteiger partial charge in [-0.05, 0) is 13.0 Å². The number of hydrogen-bond acceptors (Lipinski definition) is 5. The summed E-state index contributed by atoms with van der Waals surface area (Å²) >= 11 is 7.51. The molecule has 7 nitrogen and oxygen atoms in total. The number of benzene rings is 1. The van der Waals surface area contributed by atoms with Crippen LogP contribution in [0.4, 0.5) is 5.69 Å². The van der Waals surface area contributed by atoms with Gasteiger partial charge in [-0.25, -0.2) is 0 Å². The number of aromatic nitrogens is 2. The summed E-state index contributed by atoms with van der Waals surface area (Å²) < 4.78 is 2.32. The smallest absolute Gasteiger partial charge is 0.270 e. The number of rotatable bonds is 4. The molecule has 3 rings (SSSR count). The van der Waals surface area contributed by atoms with Gasteiger partial charge in [-0.1, -0.05) is 11.6 Å². The largest absolute Gasteiger partial charge is 0.337 e. The van der Waals surface area contributed by atoms with Gasteiger partial charge in [-0.15, -0.1) is 11.3 Å². The van der Waals surface area contributed by atoms with Gasteiger partial charge >= 0.3 is 0 Å². The van der Waals surface area contributed by atoms with Crippen molar-refractivity contribution >= 4 is 44.6 Å². The Morgan fingerprint density at radius 2 is 2.20 bits per heavy atom. The average Bonchev–Trinajstić information content (AvgIpc) is 3.05. The molecule has 0 spiro atoms. The zero-order valence-corrected chi connectivity index (χ0v) is 15.4. The lowest BCUT2D eigenvalue weighted by Gasteiger charge is -2.16. The van der Waals surface area contributed by atoms with E-state index < -0.39 is 4.92 Å². The van der Waals surface area contributed by atoms with Gasteiger partial charge in [0.15, 0.2) is 0 Å². The maximum absolute atomic E-state index is 12.8. The van der Waals surface area contributed by atoms with E-state index in [1.54, 1.807) is 22.7 Å². The van der Waals surface area contributed by atoms with Crippen LogP contribution >= 0.6 is 22.9 Å². The summed E-state index contributed by atoms with van der Waals surface area (Å²) in [7, 11) is 3.52. The van der Waals surface area contributed by atoms with Gasteiger partial charge < -0.3 is 4.90 Å². The summed E-state index contributed by atoms with van der Waals surface area (Å²) in [6.07, 6.45) is 1.87. The summed E-state index contributed by atoms with van der Waals surface area (Å²) in [6, 6.07) is 4.40. The number of nitrogens with zero attached hydrogens (tertiary/aromatic N) is 4. The first-order valence-electron chi connectivity index (χ1n) is 7.39. The summed E-state index contributed by atoms with van der Waals surface area (Å²) in [5.74, 6) is -0.225. The van der Waals surface area contributed by atoms with Crippen molar-refractivity contribution in [3.8, 4) is 0 Å². The molecule has 1 amide bonds. The van der Waals surface area contributed by atoms with Crippen molar-refractivity contribution in [1.29, 1.82) is 0 Å². The van der Waals surface area contributed by atoms with E-state index in [-0.39, 0.29) is 11.6 Å². The van der Waals surface area contributed by atoms with Crippen LogP contribution in [0.2, 0.25) is 5.02 Å². The minimum atomic E-state index is -0.466. The minimum absolute atomic E-state index is 0.0243. The standard InChI is InChI=1S/C16H15ClN4O3S/c1-9-10(8-20(3)18-9)7-19(2)16(22)15-14(17)12-5-4-11(21(23)24)6-13(12)25-15/h4-6,8H,7H2,1-3H3. The fourth-order valence-corrected chi connectivity index (χ4v) is 4.15. The third-order valence-electron chi connectivity index (χ3n) is 3.89. The van der Waals surface area contributed by atoms with Gasteiger partial charge in [-0.2, -0.15) is 5.10 Å². The van der Waals surface area contributed by atoms with Crippen molar-refractivity contribution in [3.63, 3.8) is 0 Å². The fraction of sp³-hybridized carbons (Fsp3) is 0.250. The molecule has 0 aliphatic rings. The van der Waals surface area contributed by atoms with Crippen LogP contribution in [-0.2, 0) is 13.6 Å². The Kier molecular flexibility index (Phi) is 4.49. The Bertz CT molecular complexity index is 995. The second-order valence-electron chi connectivity index (χ2n) is 5.76. The Morgan fingerprint density at radius 3 is 2.80 bits per heavy atom. The Labute approximate surface area is 152 Å². The van der Waals surface area contributed by atoms with Crippen molar-refractivity contribution in [2.45, 2.75) is 13.5 Å². The van der Waals surface area contributed by atoms with E-state index in [4.69, 9.17) is 11.6 Å². The van der Waals surface area contributed by atoms with Gasteiger partial charge in [0.05, 0.1) is 15.6 Å². The molecular formula is C16H15ClN4O3S. The molecule has 0 aliphatic carbocycles. The predicted octanol–water partition coefficient (Wildman–Crippen LogP) is 3.78. The summed E-state index contributed by atoms with van der Waals surface area (Å²) in [5, 5.41) is 16.1. The highest BCUT2D eigenvalue weighted by molar-refractivity contribution is 7.21. The van der Waals surface area contributed by atoms with Crippen molar-refractivity contribution in [2.24, 2.45) is 7.05 Å². The van der Waals surface area contributed by atoms with E-state index in [1.807, 2.05) is 20.2 Å². The second-order valence-corrected chi connectivity index (χ2v) is 7.19. The molecule has 2 aromatic heterocycles. The van der Waals surface area contributed by atoms with E-state index in [2.05, 4.69) is 5.10 Å². The number of halogens is 1. The molecular weight excluding hydrogens is 364 g/mol. The molecule has 0 unspecified atom stereocenters. The van der Waals surface area contributed by atoms with E-state index in [0.717, 1.165) is 22.6 Å². The molecule has 0 fully saturated rings. The number of carbonyl (C=O) groups excluding carboxylic acids is 1. The molecule has 0 radical (unpaired) electrons. The lowest BCUT2D eigenvalue weighted by Crippen LogP contribution is -2.25. The normalized spacial score (nSPS) is 11.0. The molecule has 0 atom stereocenters. The van der Waals surface area contributed by atoms with Crippen LogP contribution in [0.15, 0.2) is 24.4 Å². The summed E-state index contributed by atoms with van der Waals surface area (Å²) in [5.41, 5.74) is 1.79. The zero-order chi connectivity index (χ0) is 18.3. The Morgan fingerprint density at radius 1 is 1.48 bits per heavy atom. The SMILES string of the molecule is Cc1nn(C)cc1CN(C)C(=O)c1sc2cc([N+](=O)[O-])ccc2c1Cl. The van der Waals surface area contributed by atoms with Crippen molar-refractivity contribution < 1.29 is 9.72 Å². The summed E-state index contributed by atoms with van der Waals surface area (Å²) in [6.45, 7) is 2.29. The van der Waals surface area contributed by atoms with Gasteiger partial charge in [0.2, 0.25) is 0 Å². The quantitative estimate of drug-likeness (QED) is 0.511. The second kappa shape index (κ2) is 6.45. The Hall–Kier alpha value is -2.45. The molecule has 0 saturated carbocycles. The van der Waals surface area contributed by atoms with E-state index in [1.165, 1.54) is 12.1 Å². The molecule has 25 heavy (non-hydrogen) atoms. The Balaban J connectivity index is 1.92. The number of thiophene rings is 1. The van der Waals surface area contributed by atoms with Crippen molar-refractivity contribution in [1.82, 2.24) is 14.7 Å². The van der Waals surface area contributed by atoms with E-state index in [0.29, 0.717) is 26.5 Å². The van der Waals surface area contributed by atoms with E-state index in [9.17, 15) is 14.9 Å². The first-order valence-corrected chi connectivity index (χ1v) is 8.58. The molecule has 9 heteroatoms. The molecule has 0 bridgehead atoms. The highest BCUT2D eigenvalue weighted by atomic mass is 35.5. The molecule has 2 heterocycles. The van der Waals surface area contributed by atoms with Crippen molar-refractivity contribution in [3.05, 3.63) is 55.7 Å². The number of non-ortho nitro benzene ring substituents is 1. The number of hydrogen-bond donors (Lipinski definition) is 0. The highest BCUT2D eigenvalue weighted by Gasteiger charge is 2.22. The van der Waals surface area contributed by atoms with Crippen LogP contribution in [-0.4, -0.2) is 32.6 Å². The first kappa shape index (κ1) is 17.4. The van der Waals surface area contributed by atoms with Gasteiger partial charge in [0.1, 0.15) is 4.88 Å².